The van der Waals surface area contributed by atoms with Crippen LogP contribution in [0.1, 0.15) is 17.3 Å². The Morgan fingerprint density at radius 1 is 1.27 bits per heavy atom. The Morgan fingerprint density at radius 3 is 2.40 bits per heavy atom. The number of benzene rings is 1. The topological polar surface area (TPSA) is 47.8 Å². The molecule has 0 bridgehead atoms. The van der Waals surface area contributed by atoms with Crippen LogP contribution in [-0.4, -0.2) is 20.8 Å². The van der Waals surface area contributed by atoms with Crippen molar-refractivity contribution in [3.8, 4) is 11.3 Å². The second-order valence-electron chi connectivity index (χ2n) is 3.41. The quantitative estimate of drug-likeness (QED) is 0.694. The van der Waals surface area contributed by atoms with E-state index in [2.05, 4.69) is 10.3 Å². The van der Waals surface area contributed by atoms with Crippen LogP contribution in [0.2, 0.25) is 0 Å². The number of nitrogens with zero attached hydrogens (tertiary/aromatic N) is 3. The monoisotopic (exact) mass is 201 g/mol. The van der Waals surface area contributed by atoms with Gasteiger partial charge in [0.25, 0.3) is 0 Å². The van der Waals surface area contributed by atoms with Gasteiger partial charge in [-0.3, -0.25) is 9.48 Å². The van der Waals surface area contributed by atoms with E-state index in [-0.39, 0.29) is 5.78 Å². The van der Waals surface area contributed by atoms with Crippen molar-refractivity contribution in [3.05, 3.63) is 36.0 Å². The summed E-state index contributed by atoms with van der Waals surface area (Å²) in [4.78, 5) is 11.1. The van der Waals surface area contributed by atoms with Gasteiger partial charge in [0.05, 0.1) is 6.20 Å². The van der Waals surface area contributed by atoms with Gasteiger partial charge in [-0.15, -0.1) is 5.10 Å². The van der Waals surface area contributed by atoms with E-state index in [0.29, 0.717) is 5.56 Å². The number of ketones is 1. The molecule has 0 aliphatic heterocycles. The summed E-state index contributed by atoms with van der Waals surface area (Å²) in [7, 11) is 1.82. The van der Waals surface area contributed by atoms with E-state index < -0.39 is 0 Å². The number of hydrogen-bond donors (Lipinski definition) is 0. The molecule has 0 atom stereocenters. The van der Waals surface area contributed by atoms with Crippen molar-refractivity contribution in [1.29, 1.82) is 0 Å². The molecule has 15 heavy (non-hydrogen) atoms. The number of aromatic nitrogens is 3. The van der Waals surface area contributed by atoms with Crippen molar-refractivity contribution < 1.29 is 4.79 Å². The van der Waals surface area contributed by atoms with Crippen molar-refractivity contribution >= 4 is 5.78 Å². The summed E-state index contributed by atoms with van der Waals surface area (Å²) in [6.45, 7) is 1.55. The molecule has 2 rings (SSSR count). The second-order valence-corrected chi connectivity index (χ2v) is 3.41. The van der Waals surface area contributed by atoms with E-state index in [1.165, 1.54) is 0 Å². The molecule has 0 fully saturated rings. The summed E-state index contributed by atoms with van der Waals surface area (Å²) >= 11 is 0. The van der Waals surface area contributed by atoms with Crippen molar-refractivity contribution in [2.45, 2.75) is 6.92 Å². The first-order valence-electron chi connectivity index (χ1n) is 4.64. The maximum absolute atomic E-state index is 11.1. The van der Waals surface area contributed by atoms with E-state index in [1.807, 2.05) is 25.4 Å². The van der Waals surface area contributed by atoms with Crippen molar-refractivity contribution in [2.75, 3.05) is 0 Å². The van der Waals surface area contributed by atoms with Gasteiger partial charge in [-0.2, -0.15) is 0 Å². The van der Waals surface area contributed by atoms with Gasteiger partial charge < -0.3 is 0 Å². The summed E-state index contributed by atoms with van der Waals surface area (Å²) in [6.07, 6.45) is 1.84. The Balaban J connectivity index is 2.35. The molecule has 0 N–H and O–H groups in total. The third-order valence-corrected chi connectivity index (χ3v) is 2.19. The zero-order valence-electron chi connectivity index (χ0n) is 8.64. The van der Waals surface area contributed by atoms with Gasteiger partial charge >= 0.3 is 0 Å². The highest BCUT2D eigenvalue weighted by Crippen LogP contribution is 2.16. The van der Waals surface area contributed by atoms with E-state index in [0.717, 1.165) is 11.3 Å². The minimum absolute atomic E-state index is 0.0701. The van der Waals surface area contributed by atoms with Gasteiger partial charge in [-0.05, 0) is 6.92 Å². The Bertz CT molecular complexity index is 485. The minimum atomic E-state index is 0.0701. The molecule has 0 spiro atoms. The molecule has 1 aromatic carbocycles. The summed E-state index contributed by atoms with van der Waals surface area (Å²) in [6, 6.07) is 7.35. The average Bonchev–Trinajstić information content (AvgIpc) is 2.65. The lowest BCUT2D eigenvalue weighted by atomic mass is 10.1. The maximum Gasteiger partial charge on any atom is 0.159 e. The highest BCUT2D eigenvalue weighted by atomic mass is 16.1. The van der Waals surface area contributed by atoms with E-state index in [4.69, 9.17) is 0 Å². The van der Waals surface area contributed by atoms with E-state index >= 15 is 0 Å². The van der Waals surface area contributed by atoms with Gasteiger partial charge in [0.2, 0.25) is 0 Å². The maximum atomic E-state index is 11.1. The summed E-state index contributed by atoms with van der Waals surface area (Å²) in [5, 5.41) is 7.84. The first-order valence-corrected chi connectivity index (χ1v) is 4.64. The Labute approximate surface area is 87.5 Å². The molecule has 1 aromatic heterocycles. The number of aryl methyl sites for hydroxylation is 1. The smallest absolute Gasteiger partial charge is 0.159 e. The Hall–Kier alpha value is -1.97. The zero-order chi connectivity index (χ0) is 10.8. The zero-order valence-corrected chi connectivity index (χ0v) is 8.64. The molecule has 4 nitrogen and oxygen atoms in total. The molecule has 0 radical (unpaired) electrons. The highest BCUT2D eigenvalue weighted by Gasteiger charge is 2.03. The fraction of sp³-hybridized carbons (Fsp3) is 0.182. The van der Waals surface area contributed by atoms with Crippen LogP contribution in [0.5, 0.6) is 0 Å². The highest BCUT2D eigenvalue weighted by molar-refractivity contribution is 5.94. The molecule has 0 saturated heterocycles. The van der Waals surface area contributed by atoms with Crippen LogP contribution >= 0.6 is 0 Å². The van der Waals surface area contributed by atoms with Crippen LogP contribution in [0.25, 0.3) is 11.3 Å². The molecular weight excluding hydrogens is 190 g/mol. The number of carbonyl (C=O) groups is 1. The number of carbonyl (C=O) groups excluding carboxylic acids is 1. The minimum Gasteiger partial charge on any atom is -0.295 e. The largest absolute Gasteiger partial charge is 0.295 e. The first-order chi connectivity index (χ1) is 7.16. The number of Topliss-reactive ketones (excluding diaryl/α,β-unsaturated/α-hetero) is 1. The summed E-state index contributed by atoms with van der Waals surface area (Å²) < 4.78 is 1.65. The van der Waals surface area contributed by atoms with Gasteiger partial charge in [-0.1, -0.05) is 29.5 Å². The van der Waals surface area contributed by atoms with Crippen molar-refractivity contribution in [1.82, 2.24) is 15.0 Å². The Morgan fingerprint density at radius 2 is 1.93 bits per heavy atom. The lowest BCUT2D eigenvalue weighted by Gasteiger charge is -1.97. The Kier molecular flexibility index (Phi) is 2.33. The lowest BCUT2D eigenvalue weighted by molar-refractivity contribution is 0.101. The van der Waals surface area contributed by atoms with Crippen LogP contribution in [-0.2, 0) is 7.05 Å². The SMILES string of the molecule is CC(=O)c1ccc(-c2cn(C)nn2)cc1. The van der Waals surface area contributed by atoms with Crippen LogP contribution < -0.4 is 0 Å². The molecule has 2 aromatic rings. The van der Waals surface area contributed by atoms with Gasteiger partial charge in [-0.25, -0.2) is 0 Å². The van der Waals surface area contributed by atoms with Crippen LogP contribution in [0.3, 0.4) is 0 Å². The molecular formula is C11H11N3O. The van der Waals surface area contributed by atoms with Gasteiger partial charge in [0.15, 0.2) is 5.78 Å². The predicted octanol–water partition coefficient (Wildman–Crippen LogP) is 1.68. The first kappa shape index (κ1) is 9.58. The fourth-order valence-corrected chi connectivity index (χ4v) is 1.36. The molecule has 0 aliphatic rings. The lowest BCUT2D eigenvalue weighted by Crippen LogP contribution is -1.90. The third kappa shape index (κ3) is 1.93. The van der Waals surface area contributed by atoms with E-state index in [1.54, 1.807) is 23.7 Å². The molecule has 0 unspecified atom stereocenters. The molecule has 76 valence electrons. The van der Waals surface area contributed by atoms with Crippen molar-refractivity contribution in [3.63, 3.8) is 0 Å². The van der Waals surface area contributed by atoms with Crippen LogP contribution in [0.15, 0.2) is 30.5 Å². The normalized spacial score (nSPS) is 10.3. The summed E-state index contributed by atoms with van der Waals surface area (Å²) in [5.41, 5.74) is 2.49. The van der Waals surface area contributed by atoms with E-state index in [9.17, 15) is 4.79 Å². The van der Waals surface area contributed by atoms with Gasteiger partial charge in [0, 0.05) is 18.2 Å². The molecule has 0 aliphatic carbocycles. The van der Waals surface area contributed by atoms with Crippen LogP contribution in [0.4, 0.5) is 0 Å². The standard InChI is InChI=1S/C11H11N3O/c1-8(15)9-3-5-10(6-4-9)11-7-14(2)13-12-11/h3-7H,1-2H3. The summed E-state index contributed by atoms with van der Waals surface area (Å²) in [5.74, 6) is 0.0701. The molecule has 0 amide bonds. The molecule has 0 saturated carbocycles. The van der Waals surface area contributed by atoms with Crippen LogP contribution in [0, 0.1) is 0 Å². The molecule has 1 heterocycles. The van der Waals surface area contributed by atoms with Gasteiger partial charge in [0.1, 0.15) is 5.69 Å². The van der Waals surface area contributed by atoms with Crippen molar-refractivity contribution in [2.24, 2.45) is 7.05 Å². The average molecular weight is 201 g/mol. The number of rotatable bonds is 2. The second kappa shape index (κ2) is 3.65. The third-order valence-electron chi connectivity index (χ3n) is 2.19. The number of hydrogen-bond acceptors (Lipinski definition) is 3. The fourth-order valence-electron chi connectivity index (χ4n) is 1.36. The molecule has 4 heteroatoms. The predicted molar refractivity (Wildman–Crippen MR) is 56.4 cm³/mol.